The lowest BCUT2D eigenvalue weighted by Gasteiger charge is -2.21. The summed E-state index contributed by atoms with van der Waals surface area (Å²) in [4.78, 5) is 18.5. The molecule has 1 fully saturated rings. The molecule has 1 aliphatic rings. The molecule has 0 radical (unpaired) electrons. The number of nitrogens with zero attached hydrogens (tertiary/aromatic N) is 4. The van der Waals surface area contributed by atoms with Gasteiger partial charge in [-0.2, -0.15) is 5.10 Å². The number of urea groups is 1. The third kappa shape index (κ3) is 4.71. The van der Waals surface area contributed by atoms with Gasteiger partial charge in [-0.05, 0) is 44.4 Å². The van der Waals surface area contributed by atoms with Crippen LogP contribution in [-0.2, 0) is 6.54 Å². The van der Waals surface area contributed by atoms with E-state index in [1.54, 1.807) is 11.0 Å². The highest BCUT2D eigenvalue weighted by Crippen LogP contribution is 2.23. The fourth-order valence-electron chi connectivity index (χ4n) is 3.16. The number of nitrogens with one attached hydrogen (secondary N) is 2. The molecular weight excluding hydrogens is 316 g/mol. The van der Waals surface area contributed by atoms with E-state index in [9.17, 15) is 4.79 Å². The molecule has 2 atom stereocenters. The Balaban J connectivity index is 1.53. The number of benzene rings is 1. The zero-order valence-electron chi connectivity index (χ0n) is 14.9. The normalized spacial score (nSPS) is 16.5. The molecule has 0 saturated carbocycles. The van der Waals surface area contributed by atoms with E-state index in [4.69, 9.17) is 0 Å². The van der Waals surface area contributed by atoms with E-state index in [2.05, 4.69) is 49.9 Å². The molecule has 25 heavy (non-hydrogen) atoms. The summed E-state index contributed by atoms with van der Waals surface area (Å²) >= 11 is 0. The van der Waals surface area contributed by atoms with Crippen molar-refractivity contribution in [2.24, 2.45) is 0 Å². The second-order valence-electron chi connectivity index (χ2n) is 6.65. The van der Waals surface area contributed by atoms with E-state index in [1.165, 1.54) is 24.9 Å². The lowest BCUT2D eigenvalue weighted by atomic mass is 10.1. The van der Waals surface area contributed by atoms with Crippen LogP contribution in [0, 0.1) is 0 Å². The molecular formula is C18H26N6O. The first-order chi connectivity index (χ1) is 12.1. The van der Waals surface area contributed by atoms with Crippen molar-refractivity contribution < 1.29 is 4.79 Å². The van der Waals surface area contributed by atoms with Crippen molar-refractivity contribution >= 4 is 11.7 Å². The summed E-state index contributed by atoms with van der Waals surface area (Å²) in [6, 6.07) is 8.17. The van der Waals surface area contributed by atoms with E-state index in [0.717, 1.165) is 18.7 Å². The number of carbonyl (C=O) groups excluding carboxylic acids is 1. The highest BCUT2D eigenvalue weighted by molar-refractivity contribution is 5.74. The zero-order valence-corrected chi connectivity index (χ0v) is 14.9. The molecule has 7 heteroatoms. The highest BCUT2D eigenvalue weighted by atomic mass is 16.2. The topological polar surface area (TPSA) is 75.1 Å². The first kappa shape index (κ1) is 17.3. The molecule has 3 rings (SSSR count). The number of hydrogen-bond acceptors (Lipinski definition) is 4. The highest BCUT2D eigenvalue weighted by Gasteiger charge is 2.16. The van der Waals surface area contributed by atoms with E-state index in [-0.39, 0.29) is 18.1 Å². The van der Waals surface area contributed by atoms with Gasteiger partial charge in [-0.1, -0.05) is 12.1 Å². The molecule has 0 aliphatic carbocycles. The predicted molar refractivity (Wildman–Crippen MR) is 97.5 cm³/mol. The van der Waals surface area contributed by atoms with Crippen molar-refractivity contribution in [2.45, 2.75) is 45.3 Å². The quantitative estimate of drug-likeness (QED) is 0.845. The Morgan fingerprint density at radius 1 is 1.24 bits per heavy atom. The fraction of sp³-hybridized carbons (Fsp3) is 0.500. The van der Waals surface area contributed by atoms with E-state index < -0.39 is 0 Å². The molecule has 2 heterocycles. The smallest absolute Gasteiger partial charge is 0.315 e. The Bertz CT molecular complexity index is 681. The molecule has 7 nitrogen and oxygen atoms in total. The molecule has 0 bridgehead atoms. The van der Waals surface area contributed by atoms with Crippen LogP contribution in [0.1, 0.15) is 38.3 Å². The maximum atomic E-state index is 12.2. The SMILES string of the molecule is CC(Cn1cncn1)NC(=O)NC(C)c1cccc(N2CCCC2)c1. The first-order valence-corrected chi connectivity index (χ1v) is 8.86. The summed E-state index contributed by atoms with van der Waals surface area (Å²) < 4.78 is 1.70. The zero-order chi connectivity index (χ0) is 17.6. The van der Waals surface area contributed by atoms with Crippen molar-refractivity contribution in [1.82, 2.24) is 25.4 Å². The van der Waals surface area contributed by atoms with Crippen molar-refractivity contribution in [1.29, 1.82) is 0 Å². The average molecular weight is 342 g/mol. The summed E-state index contributed by atoms with van der Waals surface area (Å²) in [6.45, 7) is 6.77. The average Bonchev–Trinajstić information content (AvgIpc) is 3.28. The number of amides is 2. The van der Waals surface area contributed by atoms with Crippen LogP contribution in [0.2, 0.25) is 0 Å². The van der Waals surface area contributed by atoms with Gasteiger partial charge in [0.25, 0.3) is 0 Å². The molecule has 2 aromatic rings. The van der Waals surface area contributed by atoms with Crippen LogP contribution in [0.4, 0.5) is 10.5 Å². The van der Waals surface area contributed by atoms with Gasteiger partial charge in [0, 0.05) is 24.8 Å². The second-order valence-corrected chi connectivity index (χ2v) is 6.65. The minimum Gasteiger partial charge on any atom is -0.372 e. The minimum absolute atomic E-state index is 0.0372. The van der Waals surface area contributed by atoms with Gasteiger partial charge < -0.3 is 15.5 Å². The van der Waals surface area contributed by atoms with Gasteiger partial charge >= 0.3 is 6.03 Å². The van der Waals surface area contributed by atoms with E-state index in [0.29, 0.717) is 6.54 Å². The van der Waals surface area contributed by atoms with Crippen LogP contribution in [0.15, 0.2) is 36.9 Å². The Kier molecular flexibility index (Phi) is 5.53. The number of aromatic nitrogens is 3. The number of rotatable bonds is 6. The van der Waals surface area contributed by atoms with Crippen LogP contribution in [0.5, 0.6) is 0 Å². The van der Waals surface area contributed by atoms with Crippen LogP contribution >= 0.6 is 0 Å². The van der Waals surface area contributed by atoms with Gasteiger partial charge in [0.15, 0.2) is 0 Å². The first-order valence-electron chi connectivity index (χ1n) is 8.86. The maximum absolute atomic E-state index is 12.2. The van der Waals surface area contributed by atoms with E-state index in [1.807, 2.05) is 13.8 Å². The summed E-state index contributed by atoms with van der Waals surface area (Å²) in [5, 5.41) is 10.00. The van der Waals surface area contributed by atoms with Gasteiger partial charge in [-0.15, -0.1) is 0 Å². The van der Waals surface area contributed by atoms with Crippen LogP contribution in [0.25, 0.3) is 0 Å². The third-order valence-corrected chi connectivity index (χ3v) is 4.49. The standard InChI is InChI=1S/C18H26N6O/c1-14(11-24-13-19-12-20-24)21-18(25)22-15(2)16-6-5-7-17(10-16)23-8-3-4-9-23/h5-7,10,12-15H,3-4,8-9,11H2,1-2H3,(H2,21,22,25). The Morgan fingerprint density at radius 2 is 2.04 bits per heavy atom. The molecule has 1 aliphatic heterocycles. The molecule has 2 N–H and O–H groups in total. The molecule has 2 amide bonds. The third-order valence-electron chi connectivity index (χ3n) is 4.49. The second kappa shape index (κ2) is 8.00. The molecule has 134 valence electrons. The van der Waals surface area contributed by atoms with Gasteiger partial charge in [0.1, 0.15) is 12.7 Å². The van der Waals surface area contributed by atoms with Crippen LogP contribution in [0.3, 0.4) is 0 Å². The Labute approximate surface area is 148 Å². The van der Waals surface area contributed by atoms with Crippen molar-refractivity contribution in [3.8, 4) is 0 Å². The largest absolute Gasteiger partial charge is 0.372 e. The molecule has 2 unspecified atom stereocenters. The minimum atomic E-state index is -0.174. The van der Waals surface area contributed by atoms with Crippen molar-refractivity contribution in [2.75, 3.05) is 18.0 Å². The lowest BCUT2D eigenvalue weighted by Crippen LogP contribution is -2.43. The lowest BCUT2D eigenvalue weighted by molar-refractivity contribution is 0.233. The van der Waals surface area contributed by atoms with E-state index >= 15 is 0 Å². The number of carbonyl (C=O) groups is 1. The molecule has 1 aromatic carbocycles. The van der Waals surface area contributed by atoms with Gasteiger partial charge in [0.05, 0.1) is 12.6 Å². The predicted octanol–water partition coefficient (Wildman–Crippen LogP) is 2.33. The Morgan fingerprint density at radius 3 is 2.76 bits per heavy atom. The molecule has 1 aromatic heterocycles. The van der Waals surface area contributed by atoms with Crippen molar-refractivity contribution in [3.63, 3.8) is 0 Å². The van der Waals surface area contributed by atoms with Gasteiger partial charge in [-0.3, -0.25) is 4.68 Å². The molecule has 1 saturated heterocycles. The van der Waals surface area contributed by atoms with Gasteiger partial charge in [0.2, 0.25) is 0 Å². The van der Waals surface area contributed by atoms with Crippen LogP contribution < -0.4 is 15.5 Å². The summed E-state index contributed by atoms with van der Waals surface area (Å²) in [5.41, 5.74) is 2.35. The fourth-order valence-corrected chi connectivity index (χ4v) is 3.16. The Hall–Kier alpha value is -2.57. The molecule has 0 spiro atoms. The number of anilines is 1. The van der Waals surface area contributed by atoms with Gasteiger partial charge in [-0.25, -0.2) is 9.78 Å². The summed E-state index contributed by atoms with van der Waals surface area (Å²) in [6.07, 6.45) is 5.64. The monoisotopic (exact) mass is 342 g/mol. The summed E-state index contributed by atoms with van der Waals surface area (Å²) in [5.74, 6) is 0. The van der Waals surface area contributed by atoms with Crippen LogP contribution in [-0.4, -0.2) is 39.9 Å². The summed E-state index contributed by atoms with van der Waals surface area (Å²) in [7, 11) is 0. The number of hydrogen-bond donors (Lipinski definition) is 2. The maximum Gasteiger partial charge on any atom is 0.315 e. The van der Waals surface area contributed by atoms with Crippen molar-refractivity contribution in [3.05, 3.63) is 42.5 Å².